The van der Waals surface area contributed by atoms with Crippen LogP contribution in [0.3, 0.4) is 0 Å². The molecule has 2 heterocycles. The molecule has 3 N–H and O–H groups in total. The van der Waals surface area contributed by atoms with E-state index in [0.717, 1.165) is 21.6 Å². The maximum atomic E-state index is 12.9. The summed E-state index contributed by atoms with van der Waals surface area (Å²) in [5.74, 6) is -0.405. The number of nitrogens with zero attached hydrogens (tertiary/aromatic N) is 4. The number of methoxy groups -OCH3 is 1. The highest BCUT2D eigenvalue weighted by molar-refractivity contribution is 7.07. The summed E-state index contributed by atoms with van der Waals surface area (Å²) in [6, 6.07) is 13.6. The second-order valence-electron chi connectivity index (χ2n) is 8.41. The summed E-state index contributed by atoms with van der Waals surface area (Å²) in [5, 5.41) is 16.6. The maximum absolute atomic E-state index is 12.9. The molecule has 15 heteroatoms. The monoisotopic (exact) mass is 589 g/mol. The molecule has 0 saturated carbocycles. The summed E-state index contributed by atoms with van der Waals surface area (Å²) in [5.41, 5.74) is -0.388. The van der Waals surface area contributed by atoms with Crippen molar-refractivity contribution >= 4 is 52.2 Å². The second kappa shape index (κ2) is 13.5. The van der Waals surface area contributed by atoms with E-state index in [-0.39, 0.29) is 39.8 Å². The van der Waals surface area contributed by atoms with E-state index in [1.54, 1.807) is 67.7 Å². The molecular weight excluding hydrogens is 563 g/mol. The molecule has 0 aliphatic carbocycles. The number of hydrogen-bond donors (Lipinski definition) is 3. The Kier molecular flexibility index (Phi) is 10.1. The lowest BCUT2D eigenvalue weighted by atomic mass is 10.3. The van der Waals surface area contributed by atoms with Crippen molar-refractivity contribution < 1.29 is 27.5 Å². The number of nitrogens with one attached hydrogen (secondary N) is 3. The first-order chi connectivity index (χ1) is 19.4. The molecule has 0 atom stereocenters. The highest BCUT2D eigenvalue weighted by Crippen LogP contribution is 2.20. The van der Waals surface area contributed by atoms with Crippen LogP contribution in [0, 0.1) is 11.3 Å². The van der Waals surface area contributed by atoms with E-state index >= 15 is 0 Å². The highest BCUT2D eigenvalue weighted by Gasteiger charge is 2.29. The number of thiazole rings is 1. The average Bonchev–Trinajstić information content (AvgIpc) is 3.25. The largest absolute Gasteiger partial charge is 0.497 e. The molecule has 1 aromatic carbocycles. The number of likely N-dealkylation sites (N-methyl/N-ethyl adjacent to an activating group) is 1. The number of aromatic nitrogens is 2. The van der Waals surface area contributed by atoms with Crippen molar-refractivity contribution in [2.45, 2.75) is 19.6 Å². The standard InChI is InChI=1S/C26H26F3N7O4S/c1-4-36-24(39)19(41-25(36)18(12-30)23(38)32-15-26(27,28)29)13-31-20-9-6-10-21(33-20)34-22(37)14-35(2)16-7-5-8-17(11-16)40-3/h5-11,13H,4,14-15H2,1-3H3,(H,32,38)(H2,31,33,34,37)/b19-13+,25-18-. The minimum atomic E-state index is -4.66. The van der Waals surface area contributed by atoms with Gasteiger partial charge in [0, 0.05) is 31.5 Å². The molecule has 3 rings (SSSR count). The summed E-state index contributed by atoms with van der Waals surface area (Å²) in [4.78, 5) is 43.7. The number of pyridine rings is 1. The number of rotatable bonds is 10. The summed E-state index contributed by atoms with van der Waals surface area (Å²) < 4.78 is 43.8. The first-order valence-electron chi connectivity index (χ1n) is 12.0. The van der Waals surface area contributed by atoms with Crippen LogP contribution in [0.4, 0.5) is 30.5 Å². The summed E-state index contributed by atoms with van der Waals surface area (Å²) in [6.45, 7) is 0.0770. The van der Waals surface area contributed by atoms with Crippen LogP contribution >= 0.6 is 11.3 Å². The van der Waals surface area contributed by atoms with Crippen molar-refractivity contribution in [1.82, 2.24) is 14.9 Å². The van der Waals surface area contributed by atoms with E-state index < -0.39 is 29.8 Å². The average molecular weight is 590 g/mol. The van der Waals surface area contributed by atoms with Gasteiger partial charge in [-0.05, 0) is 31.2 Å². The number of anilines is 3. The smallest absolute Gasteiger partial charge is 0.405 e. The molecule has 2 amide bonds. The van der Waals surface area contributed by atoms with Gasteiger partial charge < -0.3 is 25.6 Å². The lowest BCUT2D eigenvalue weighted by molar-refractivity contribution is -0.135. The van der Waals surface area contributed by atoms with Crippen molar-refractivity contribution in [2.24, 2.45) is 0 Å². The van der Waals surface area contributed by atoms with Crippen LogP contribution in [-0.4, -0.2) is 54.8 Å². The van der Waals surface area contributed by atoms with Gasteiger partial charge in [-0.3, -0.25) is 19.0 Å². The predicted molar refractivity (Wildman–Crippen MR) is 149 cm³/mol. The molecule has 0 spiro atoms. The molecule has 0 radical (unpaired) electrons. The first-order valence-corrected chi connectivity index (χ1v) is 12.8. The quantitative estimate of drug-likeness (QED) is 0.324. The molecular formula is C26H26F3N7O4S. The Morgan fingerprint density at radius 3 is 2.59 bits per heavy atom. The van der Waals surface area contributed by atoms with Gasteiger partial charge in [0.2, 0.25) is 5.91 Å². The fourth-order valence-electron chi connectivity index (χ4n) is 3.52. The van der Waals surface area contributed by atoms with Gasteiger partial charge in [0.25, 0.3) is 11.5 Å². The Hall–Kier alpha value is -4.84. The minimum absolute atomic E-state index is 0.0292. The van der Waals surface area contributed by atoms with Gasteiger partial charge in [0.05, 0.1) is 13.7 Å². The van der Waals surface area contributed by atoms with E-state index in [9.17, 15) is 32.8 Å². The molecule has 0 fully saturated rings. The van der Waals surface area contributed by atoms with E-state index in [1.807, 2.05) is 12.1 Å². The van der Waals surface area contributed by atoms with E-state index in [2.05, 4.69) is 15.6 Å². The Morgan fingerprint density at radius 2 is 1.93 bits per heavy atom. The zero-order valence-electron chi connectivity index (χ0n) is 22.2. The van der Waals surface area contributed by atoms with Crippen molar-refractivity contribution in [2.75, 3.05) is 42.8 Å². The van der Waals surface area contributed by atoms with Crippen LogP contribution in [0.25, 0.3) is 11.8 Å². The van der Waals surface area contributed by atoms with Crippen molar-refractivity contribution in [1.29, 1.82) is 5.26 Å². The number of benzene rings is 1. The normalized spacial score (nSPS) is 12.3. The predicted octanol–water partition coefficient (Wildman–Crippen LogP) is 1.61. The molecule has 0 bridgehead atoms. The zero-order chi connectivity index (χ0) is 30.2. The summed E-state index contributed by atoms with van der Waals surface area (Å²) in [6.07, 6.45) is -3.36. The van der Waals surface area contributed by atoms with Crippen LogP contribution < -0.4 is 40.3 Å². The second-order valence-corrected chi connectivity index (χ2v) is 9.44. The number of amides is 2. The van der Waals surface area contributed by atoms with Crippen molar-refractivity contribution in [3.05, 3.63) is 62.0 Å². The molecule has 3 aromatic rings. The third kappa shape index (κ3) is 8.32. The van der Waals surface area contributed by atoms with Gasteiger partial charge >= 0.3 is 6.18 Å². The minimum Gasteiger partial charge on any atom is -0.497 e. The number of carbonyl (C=O) groups excluding carboxylic acids is 2. The number of alkyl halides is 3. The molecule has 0 aliphatic heterocycles. The SMILES string of the molecule is CCn1c(=O)/c(=C\Nc2cccc(NC(=O)CN(C)c3cccc(OC)c3)n2)s/c1=C(/C#N)C(=O)NCC(F)(F)F. The van der Waals surface area contributed by atoms with Crippen LogP contribution in [0.1, 0.15) is 6.92 Å². The van der Waals surface area contributed by atoms with Crippen LogP contribution in [-0.2, 0) is 16.1 Å². The fraction of sp³-hybridized carbons (Fsp3) is 0.269. The Balaban J connectivity index is 1.78. The number of halogens is 3. The van der Waals surface area contributed by atoms with Gasteiger partial charge in [-0.1, -0.05) is 12.1 Å². The van der Waals surface area contributed by atoms with Crippen LogP contribution in [0.15, 0.2) is 47.3 Å². The number of carbonyl (C=O) groups is 2. The maximum Gasteiger partial charge on any atom is 0.405 e. The zero-order valence-corrected chi connectivity index (χ0v) is 23.0. The van der Waals surface area contributed by atoms with Crippen molar-refractivity contribution in [3.63, 3.8) is 0 Å². The molecule has 2 aromatic heterocycles. The Labute approximate surface area is 236 Å². The van der Waals surface area contributed by atoms with Crippen LogP contribution in [0.2, 0.25) is 0 Å². The third-order valence-corrected chi connectivity index (χ3v) is 6.60. The summed E-state index contributed by atoms with van der Waals surface area (Å²) >= 11 is 0.765. The van der Waals surface area contributed by atoms with E-state index in [1.165, 1.54) is 6.20 Å². The number of hydrogen-bond acceptors (Lipinski definition) is 9. The molecule has 11 nitrogen and oxygen atoms in total. The Bertz CT molecular complexity index is 1640. The van der Waals surface area contributed by atoms with Gasteiger partial charge in [0.15, 0.2) is 5.57 Å². The van der Waals surface area contributed by atoms with Gasteiger partial charge in [-0.25, -0.2) is 4.98 Å². The van der Waals surface area contributed by atoms with Crippen molar-refractivity contribution in [3.8, 4) is 11.8 Å². The lowest BCUT2D eigenvalue weighted by Gasteiger charge is -2.19. The topological polar surface area (TPSA) is 141 Å². The van der Waals surface area contributed by atoms with E-state index in [4.69, 9.17) is 4.74 Å². The third-order valence-electron chi connectivity index (χ3n) is 5.47. The molecule has 0 saturated heterocycles. The highest BCUT2D eigenvalue weighted by atomic mass is 32.1. The van der Waals surface area contributed by atoms with Crippen LogP contribution in [0.5, 0.6) is 5.75 Å². The molecule has 0 aliphatic rings. The van der Waals surface area contributed by atoms with Gasteiger partial charge in [-0.2, -0.15) is 18.4 Å². The molecule has 41 heavy (non-hydrogen) atoms. The molecule has 0 unspecified atom stereocenters. The number of nitriles is 1. The number of ether oxygens (including phenoxy) is 1. The molecule has 216 valence electrons. The summed E-state index contributed by atoms with van der Waals surface area (Å²) in [7, 11) is 3.30. The van der Waals surface area contributed by atoms with E-state index in [0.29, 0.717) is 5.75 Å². The lowest BCUT2D eigenvalue weighted by Crippen LogP contribution is -2.37. The first kappa shape index (κ1) is 30.7. The van der Waals surface area contributed by atoms with Gasteiger partial charge in [-0.15, -0.1) is 11.3 Å². The van der Waals surface area contributed by atoms with Gasteiger partial charge in [0.1, 0.15) is 39.2 Å². The fourth-order valence-corrected chi connectivity index (χ4v) is 4.60. The Morgan fingerprint density at radius 1 is 1.22 bits per heavy atom.